The van der Waals surface area contributed by atoms with E-state index in [-0.39, 0.29) is 6.03 Å². The second-order valence-electron chi connectivity index (χ2n) is 6.40. The molecule has 3 aliphatic rings. The number of nitrogens with zero attached hydrogens (tertiary/aromatic N) is 2. The van der Waals surface area contributed by atoms with Crippen molar-refractivity contribution >= 4 is 6.03 Å². The van der Waals surface area contributed by atoms with E-state index in [9.17, 15) is 4.79 Å². The molecule has 3 rings (SSSR count). The van der Waals surface area contributed by atoms with Crippen molar-refractivity contribution in [1.29, 1.82) is 0 Å². The summed E-state index contributed by atoms with van der Waals surface area (Å²) in [6, 6.07) is 0.524. The lowest BCUT2D eigenvalue weighted by molar-refractivity contribution is 0.103. The Bertz CT molecular complexity index is 393. The van der Waals surface area contributed by atoms with E-state index in [4.69, 9.17) is 0 Å². The van der Waals surface area contributed by atoms with Gasteiger partial charge in [-0.3, -0.25) is 4.90 Å². The van der Waals surface area contributed by atoms with Crippen LogP contribution in [0.4, 0.5) is 4.79 Å². The van der Waals surface area contributed by atoms with Crippen LogP contribution >= 0.6 is 0 Å². The van der Waals surface area contributed by atoms with Crippen LogP contribution in [-0.4, -0.2) is 54.6 Å². The quantitative estimate of drug-likeness (QED) is 0.770. The number of nitrogens with one attached hydrogen (secondary N) is 1. The summed E-state index contributed by atoms with van der Waals surface area (Å²) < 4.78 is 0. The van der Waals surface area contributed by atoms with Crippen LogP contribution in [0.5, 0.6) is 0 Å². The zero-order valence-electron chi connectivity index (χ0n) is 12.1. The van der Waals surface area contributed by atoms with Crippen LogP contribution in [0.3, 0.4) is 0 Å². The summed E-state index contributed by atoms with van der Waals surface area (Å²) in [6.07, 6.45) is 4.99. The minimum atomic E-state index is 0.131. The second kappa shape index (κ2) is 5.16. The number of carbonyl (C=O) groups excluding carboxylic acids is 1. The van der Waals surface area contributed by atoms with Gasteiger partial charge in [-0.25, -0.2) is 4.79 Å². The van der Waals surface area contributed by atoms with Gasteiger partial charge < -0.3 is 10.2 Å². The molecular weight excluding hydrogens is 238 g/mol. The van der Waals surface area contributed by atoms with Crippen molar-refractivity contribution in [1.82, 2.24) is 15.1 Å². The largest absolute Gasteiger partial charge is 0.336 e. The third-order valence-corrected chi connectivity index (χ3v) is 5.13. The highest BCUT2D eigenvalue weighted by molar-refractivity contribution is 5.77. The molecule has 0 bridgehead atoms. The number of piperazine rings is 1. The average molecular weight is 263 g/mol. The summed E-state index contributed by atoms with van der Waals surface area (Å²) >= 11 is 0. The van der Waals surface area contributed by atoms with Gasteiger partial charge in [-0.2, -0.15) is 0 Å². The number of rotatable bonds is 2. The molecule has 0 aromatic rings. The summed E-state index contributed by atoms with van der Waals surface area (Å²) in [7, 11) is 0. The molecule has 0 unspecified atom stereocenters. The molecule has 2 aliphatic heterocycles. The number of carbonyl (C=O) groups is 1. The van der Waals surface area contributed by atoms with E-state index in [1.54, 1.807) is 5.57 Å². The molecular formula is C15H25N3O. The van der Waals surface area contributed by atoms with Crippen molar-refractivity contribution in [2.24, 2.45) is 11.8 Å². The fourth-order valence-corrected chi connectivity index (χ4v) is 3.81. The standard InChI is InChI=1S/C15H25N3O/c1-11-4-3-5-12(2)14(11)10-17-6-7-18-13(9-17)8-16-15(18)19/h4,12-14H,3,5-10H2,1-2H3,(H,16,19)/t12-,13-,14-/m0/s1. The first kappa shape index (κ1) is 13.0. The van der Waals surface area contributed by atoms with Gasteiger partial charge in [0.1, 0.15) is 0 Å². The number of hydrogen-bond acceptors (Lipinski definition) is 2. The Hall–Kier alpha value is -1.03. The Morgan fingerprint density at radius 2 is 2.26 bits per heavy atom. The number of urea groups is 1. The third kappa shape index (κ3) is 2.50. The average Bonchev–Trinajstić information content (AvgIpc) is 2.76. The SMILES string of the molecule is CC1=CCC[C@H](C)[C@H]1CN1CCN2C(=O)NC[C@H]2C1. The smallest absolute Gasteiger partial charge is 0.317 e. The lowest BCUT2D eigenvalue weighted by Gasteiger charge is -2.40. The van der Waals surface area contributed by atoms with Gasteiger partial charge in [0.05, 0.1) is 6.04 Å². The number of hydrogen-bond donors (Lipinski definition) is 1. The first-order valence-corrected chi connectivity index (χ1v) is 7.58. The van der Waals surface area contributed by atoms with Crippen molar-refractivity contribution in [2.45, 2.75) is 32.7 Å². The zero-order valence-corrected chi connectivity index (χ0v) is 12.1. The molecule has 106 valence electrons. The molecule has 19 heavy (non-hydrogen) atoms. The Morgan fingerprint density at radius 3 is 3.05 bits per heavy atom. The maximum atomic E-state index is 11.6. The van der Waals surface area contributed by atoms with Crippen LogP contribution in [0.2, 0.25) is 0 Å². The molecule has 4 nitrogen and oxygen atoms in total. The normalized spacial score (nSPS) is 35.9. The van der Waals surface area contributed by atoms with Gasteiger partial charge in [0.15, 0.2) is 0 Å². The van der Waals surface area contributed by atoms with Crippen molar-refractivity contribution in [3.8, 4) is 0 Å². The van der Waals surface area contributed by atoms with Gasteiger partial charge in [0.25, 0.3) is 0 Å². The van der Waals surface area contributed by atoms with Crippen LogP contribution < -0.4 is 5.32 Å². The fourth-order valence-electron chi connectivity index (χ4n) is 3.81. The number of fused-ring (bicyclic) bond motifs is 1. The zero-order chi connectivity index (χ0) is 13.4. The van der Waals surface area contributed by atoms with E-state index in [1.165, 1.54) is 19.4 Å². The number of allylic oxidation sites excluding steroid dienone is 1. The molecule has 2 saturated heterocycles. The topological polar surface area (TPSA) is 35.6 Å². The minimum Gasteiger partial charge on any atom is -0.336 e. The monoisotopic (exact) mass is 263 g/mol. The fraction of sp³-hybridized carbons (Fsp3) is 0.800. The van der Waals surface area contributed by atoms with Gasteiger partial charge >= 0.3 is 6.03 Å². The molecule has 0 radical (unpaired) electrons. The van der Waals surface area contributed by atoms with Gasteiger partial charge in [-0.15, -0.1) is 0 Å². The van der Waals surface area contributed by atoms with Crippen LogP contribution in [0, 0.1) is 11.8 Å². The van der Waals surface area contributed by atoms with E-state index >= 15 is 0 Å². The molecule has 0 aromatic heterocycles. The lowest BCUT2D eigenvalue weighted by atomic mass is 9.79. The third-order valence-electron chi connectivity index (χ3n) is 5.13. The highest BCUT2D eigenvalue weighted by Crippen LogP contribution is 2.31. The van der Waals surface area contributed by atoms with Crippen molar-refractivity contribution in [3.05, 3.63) is 11.6 Å². The van der Waals surface area contributed by atoms with E-state index in [1.807, 2.05) is 4.90 Å². The molecule has 2 fully saturated rings. The first-order valence-electron chi connectivity index (χ1n) is 7.58. The van der Waals surface area contributed by atoms with E-state index < -0.39 is 0 Å². The summed E-state index contributed by atoms with van der Waals surface area (Å²) in [5.41, 5.74) is 1.57. The van der Waals surface area contributed by atoms with E-state index in [0.717, 1.165) is 32.1 Å². The summed E-state index contributed by atoms with van der Waals surface area (Å²) in [5, 5.41) is 2.95. The minimum absolute atomic E-state index is 0.131. The Morgan fingerprint density at radius 1 is 1.42 bits per heavy atom. The summed E-state index contributed by atoms with van der Waals surface area (Å²) in [6.45, 7) is 9.62. The lowest BCUT2D eigenvalue weighted by Crippen LogP contribution is -2.53. The van der Waals surface area contributed by atoms with Gasteiger partial charge in [-0.05, 0) is 31.6 Å². The molecule has 2 amide bonds. The first-order chi connectivity index (χ1) is 9.15. The van der Waals surface area contributed by atoms with Crippen LogP contribution in [0.15, 0.2) is 11.6 Å². The van der Waals surface area contributed by atoms with Crippen LogP contribution in [-0.2, 0) is 0 Å². The molecule has 4 heteroatoms. The predicted molar refractivity (Wildman–Crippen MR) is 76.0 cm³/mol. The van der Waals surface area contributed by atoms with Crippen LogP contribution in [0.1, 0.15) is 26.7 Å². The van der Waals surface area contributed by atoms with E-state index in [0.29, 0.717) is 12.0 Å². The van der Waals surface area contributed by atoms with Crippen molar-refractivity contribution in [3.63, 3.8) is 0 Å². The van der Waals surface area contributed by atoms with E-state index in [2.05, 4.69) is 30.1 Å². The molecule has 0 spiro atoms. The second-order valence-corrected chi connectivity index (χ2v) is 6.40. The Kier molecular flexibility index (Phi) is 3.52. The van der Waals surface area contributed by atoms with Gasteiger partial charge in [0, 0.05) is 32.7 Å². The summed E-state index contributed by atoms with van der Waals surface area (Å²) in [5.74, 6) is 1.51. The van der Waals surface area contributed by atoms with Gasteiger partial charge in [-0.1, -0.05) is 18.6 Å². The van der Waals surface area contributed by atoms with Crippen molar-refractivity contribution in [2.75, 3.05) is 32.7 Å². The van der Waals surface area contributed by atoms with Crippen LogP contribution in [0.25, 0.3) is 0 Å². The van der Waals surface area contributed by atoms with Crippen molar-refractivity contribution < 1.29 is 4.79 Å². The molecule has 0 aromatic carbocycles. The molecule has 3 atom stereocenters. The molecule has 2 heterocycles. The van der Waals surface area contributed by atoms with Gasteiger partial charge in [0.2, 0.25) is 0 Å². The molecule has 1 aliphatic carbocycles. The Balaban J connectivity index is 1.60. The predicted octanol–water partition coefficient (Wildman–Crippen LogP) is 1.69. The summed E-state index contributed by atoms with van der Waals surface area (Å²) in [4.78, 5) is 16.2. The highest BCUT2D eigenvalue weighted by Gasteiger charge is 2.36. The molecule has 1 N–H and O–H groups in total. The maximum absolute atomic E-state index is 11.6. The molecule has 0 saturated carbocycles. The number of amides is 2. The Labute approximate surface area is 115 Å². The maximum Gasteiger partial charge on any atom is 0.317 e. The highest BCUT2D eigenvalue weighted by atomic mass is 16.2.